The maximum Gasteiger partial charge on any atom is 0.255 e. The minimum atomic E-state index is -0.144. The third kappa shape index (κ3) is 2.75. The van der Waals surface area contributed by atoms with Gasteiger partial charge in [-0.1, -0.05) is 6.07 Å². The molecule has 0 bridgehead atoms. The summed E-state index contributed by atoms with van der Waals surface area (Å²) in [4.78, 5) is 13.0. The molecule has 1 unspecified atom stereocenters. The largest absolute Gasteiger partial charge is 0.467 e. The summed E-state index contributed by atoms with van der Waals surface area (Å²) in [6.07, 6.45) is 1.43. The molecule has 0 aromatic carbocycles. The van der Waals surface area contributed by atoms with Gasteiger partial charge in [-0.15, -0.1) is 11.3 Å². The first kappa shape index (κ1) is 11.9. The molecule has 5 heteroatoms. The van der Waals surface area contributed by atoms with E-state index in [0.29, 0.717) is 17.9 Å². The highest BCUT2D eigenvalue weighted by atomic mass is 32.1. The Morgan fingerprint density at radius 1 is 1.65 bits per heavy atom. The van der Waals surface area contributed by atoms with Gasteiger partial charge < -0.3 is 15.5 Å². The van der Waals surface area contributed by atoms with E-state index in [1.54, 1.807) is 17.4 Å². The van der Waals surface area contributed by atoms with E-state index in [0.717, 1.165) is 4.88 Å². The summed E-state index contributed by atoms with van der Waals surface area (Å²) in [6.45, 7) is 2.25. The van der Waals surface area contributed by atoms with Crippen LogP contribution in [0.1, 0.15) is 34.0 Å². The highest BCUT2D eigenvalue weighted by molar-refractivity contribution is 7.10. The minimum Gasteiger partial charge on any atom is -0.467 e. The number of nitrogens with two attached hydrogens (primary N) is 1. The second-order valence-electron chi connectivity index (χ2n) is 3.72. The number of thiophene rings is 1. The third-order valence-electron chi connectivity index (χ3n) is 2.43. The molecule has 0 radical (unpaired) electrons. The molecule has 2 aromatic heterocycles. The topological polar surface area (TPSA) is 68.3 Å². The summed E-state index contributed by atoms with van der Waals surface area (Å²) in [5, 5.41) is 4.90. The molecule has 4 nitrogen and oxygen atoms in total. The van der Waals surface area contributed by atoms with Crippen LogP contribution in [0.3, 0.4) is 0 Å². The summed E-state index contributed by atoms with van der Waals surface area (Å²) in [5.41, 5.74) is 5.93. The van der Waals surface area contributed by atoms with Gasteiger partial charge >= 0.3 is 0 Å². The number of carbonyl (C=O) groups excluding carboxylic acids is 1. The molecule has 1 atom stereocenters. The lowest BCUT2D eigenvalue weighted by molar-refractivity contribution is 0.0940. The average molecular weight is 250 g/mol. The Hall–Kier alpha value is -1.59. The fourth-order valence-corrected chi connectivity index (χ4v) is 2.23. The van der Waals surface area contributed by atoms with Crippen molar-refractivity contribution >= 4 is 17.2 Å². The van der Waals surface area contributed by atoms with Gasteiger partial charge in [0.15, 0.2) is 0 Å². The molecule has 0 saturated heterocycles. The molecule has 0 saturated carbocycles. The second kappa shape index (κ2) is 5.16. The van der Waals surface area contributed by atoms with Crippen LogP contribution in [0.5, 0.6) is 0 Å². The first-order valence-electron chi connectivity index (χ1n) is 5.32. The lowest BCUT2D eigenvalue weighted by Crippen LogP contribution is -2.25. The van der Waals surface area contributed by atoms with Gasteiger partial charge in [0.05, 0.1) is 18.2 Å². The number of furan rings is 1. The number of amides is 1. The Kier molecular flexibility index (Phi) is 3.61. The molecular formula is C12H14N2O2S. The van der Waals surface area contributed by atoms with Gasteiger partial charge in [0.1, 0.15) is 12.0 Å². The van der Waals surface area contributed by atoms with E-state index in [1.807, 2.05) is 24.4 Å². The molecular weight excluding hydrogens is 236 g/mol. The van der Waals surface area contributed by atoms with Gasteiger partial charge in [-0.25, -0.2) is 0 Å². The number of carbonyl (C=O) groups is 1. The molecule has 2 heterocycles. The molecule has 2 rings (SSSR count). The monoisotopic (exact) mass is 250 g/mol. The SMILES string of the molecule is CC(NC(=O)c1coc(CN)c1)c1cccs1. The molecule has 0 aliphatic carbocycles. The van der Waals surface area contributed by atoms with Crippen LogP contribution in [0.15, 0.2) is 34.3 Å². The van der Waals surface area contributed by atoms with E-state index in [-0.39, 0.29) is 11.9 Å². The van der Waals surface area contributed by atoms with Gasteiger partial charge in [0.2, 0.25) is 0 Å². The van der Waals surface area contributed by atoms with Crippen LogP contribution in [0.2, 0.25) is 0 Å². The van der Waals surface area contributed by atoms with Crippen molar-refractivity contribution in [1.29, 1.82) is 0 Å². The molecule has 17 heavy (non-hydrogen) atoms. The minimum absolute atomic E-state index is 0.00118. The predicted molar refractivity (Wildman–Crippen MR) is 66.8 cm³/mol. The van der Waals surface area contributed by atoms with Crippen molar-refractivity contribution in [2.24, 2.45) is 5.73 Å². The van der Waals surface area contributed by atoms with Crippen molar-refractivity contribution in [3.63, 3.8) is 0 Å². The number of rotatable bonds is 4. The zero-order chi connectivity index (χ0) is 12.3. The maximum absolute atomic E-state index is 11.9. The van der Waals surface area contributed by atoms with Gasteiger partial charge in [0.25, 0.3) is 5.91 Å². The van der Waals surface area contributed by atoms with Gasteiger partial charge in [-0.3, -0.25) is 4.79 Å². The van der Waals surface area contributed by atoms with Crippen molar-refractivity contribution in [1.82, 2.24) is 5.32 Å². The summed E-state index contributed by atoms with van der Waals surface area (Å²) < 4.78 is 5.12. The van der Waals surface area contributed by atoms with E-state index in [9.17, 15) is 4.79 Å². The molecule has 0 fully saturated rings. The van der Waals surface area contributed by atoms with Crippen LogP contribution in [-0.4, -0.2) is 5.91 Å². The second-order valence-corrected chi connectivity index (χ2v) is 4.70. The molecule has 90 valence electrons. The van der Waals surface area contributed by atoms with Gasteiger partial charge in [-0.2, -0.15) is 0 Å². The summed E-state index contributed by atoms with van der Waals surface area (Å²) in [7, 11) is 0. The Morgan fingerprint density at radius 3 is 3.06 bits per heavy atom. The van der Waals surface area contributed by atoms with Crippen molar-refractivity contribution in [2.45, 2.75) is 19.5 Å². The zero-order valence-corrected chi connectivity index (χ0v) is 10.3. The zero-order valence-electron chi connectivity index (χ0n) is 9.47. The fourth-order valence-electron chi connectivity index (χ4n) is 1.50. The Morgan fingerprint density at radius 2 is 2.47 bits per heavy atom. The van der Waals surface area contributed by atoms with Crippen LogP contribution in [0.4, 0.5) is 0 Å². The lowest BCUT2D eigenvalue weighted by Gasteiger charge is -2.10. The summed E-state index contributed by atoms with van der Waals surface area (Å²) in [6, 6.07) is 5.62. The first-order valence-corrected chi connectivity index (χ1v) is 6.20. The van der Waals surface area contributed by atoms with E-state index in [1.165, 1.54) is 6.26 Å². The van der Waals surface area contributed by atoms with Gasteiger partial charge in [-0.05, 0) is 24.4 Å². The standard InChI is InChI=1S/C12H14N2O2S/c1-8(11-3-2-4-17-11)14-12(15)9-5-10(6-13)16-7-9/h2-5,7-8H,6,13H2,1H3,(H,14,15). The smallest absolute Gasteiger partial charge is 0.255 e. The Labute approximate surface area is 103 Å². The molecule has 0 aliphatic heterocycles. The van der Waals surface area contributed by atoms with E-state index < -0.39 is 0 Å². The molecule has 0 aliphatic rings. The van der Waals surface area contributed by atoms with Crippen molar-refractivity contribution < 1.29 is 9.21 Å². The molecule has 2 aromatic rings. The summed E-state index contributed by atoms with van der Waals surface area (Å²) >= 11 is 1.62. The van der Waals surface area contributed by atoms with Crippen LogP contribution >= 0.6 is 11.3 Å². The van der Waals surface area contributed by atoms with Crippen LogP contribution in [-0.2, 0) is 6.54 Å². The fraction of sp³-hybridized carbons (Fsp3) is 0.250. The number of hydrogen-bond acceptors (Lipinski definition) is 4. The average Bonchev–Trinajstić information content (AvgIpc) is 3.00. The lowest BCUT2D eigenvalue weighted by atomic mass is 10.2. The van der Waals surface area contributed by atoms with Crippen molar-refractivity contribution in [3.8, 4) is 0 Å². The Balaban J connectivity index is 2.01. The van der Waals surface area contributed by atoms with E-state index >= 15 is 0 Å². The molecule has 0 spiro atoms. The first-order chi connectivity index (χ1) is 8.20. The highest BCUT2D eigenvalue weighted by Crippen LogP contribution is 2.18. The van der Waals surface area contributed by atoms with Crippen molar-refractivity contribution in [2.75, 3.05) is 0 Å². The Bertz CT molecular complexity index is 490. The molecule has 3 N–H and O–H groups in total. The van der Waals surface area contributed by atoms with Crippen molar-refractivity contribution in [3.05, 3.63) is 46.0 Å². The molecule has 1 amide bonds. The maximum atomic E-state index is 11.9. The number of hydrogen-bond donors (Lipinski definition) is 2. The van der Waals surface area contributed by atoms with E-state index in [2.05, 4.69) is 5.32 Å². The van der Waals surface area contributed by atoms with E-state index in [4.69, 9.17) is 10.2 Å². The highest BCUT2D eigenvalue weighted by Gasteiger charge is 2.14. The van der Waals surface area contributed by atoms with Gasteiger partial charge in [0, 0.05) is 4.88 Å². The number of nitrogens with one attached hydrogen (secondary N) is 1. The summed E-state index contributed by atoms with van der Waals surface area (Å²) in [5.74, 6) is 0.466. The van der Waals surface area contributed by atoms with Crippen LogP contribution in [0.25, 0.3) is 0 Å². The quantitative estimate of drug-likeness (QED) is 0.874. The predicted octanol–water partition coefficient (Wildman–Crippen LogP) is 2.29. The van der Waals surface area contributed by atoms with Crippen LogP contribution in [0, 0.1) is 0 Å². The normalized spacial score (nSPS) is 12.4. The van der Waals surface area contributed by atoms with Crippen LogP contribution < -0.4 is 11.1 Å². The third-order valence-corrected chi connectivity index (χ3v) is 3.49.